The summed E-state index contributed by atoms with van der Waals surface area (Å²) in [5.41, 5.74) is 0.696. The third-order valence-corrected chi connectivity index (χ3v) is 2.96. The molecule has 0 atom stereocenters. The molecule has 0 aromatic carbocycles. The summed E-state index contributed by atoms with van der Waals surface area (Å²) >= 11 is 0. The van der Waals surface area contributed by atoms with Gasteiger partial charge in [0.15, 0.2) is 5.65 Å². The van der Waals surface area contributed by atoms with E-state index in [2.05, 4.69) is 12.0 Å². The minimum atomic E-state index is -0.0314. The van der Waals surface area contributed by atoms with Gasteiger partial charge in [-0.15, -0.1) is 5.10 Å². The largest absolute Gasteiger partial charge is 0.350 e. The van der Waals surface area contributed by atoms with Gasteiger partial charge in [-0.25, -0.2) is 9.48 Å². The molecule has 2 aromatic heterocycles. The molecule has 0 aliphatic heterocycles. The second-order valence-electron chi connectivity index (χ2n) is 4.35. The summed E-state index contributed by atoms with van der Waals surface area (Å²) in [5.74, 6) is 0. The highest BCUT2D eigenvalue weighted by molar-refractivity contribution is 5.35. The van der Waals surface area contributed by atoms with Gasteiger partial charge >= 0.3 is 5.69 Å². The number of rotatable bonds is 6. The van der Waals surface area contributed by atoms with Crippen LogP contribution in [-0.2, 0) is 6.54 Å². The van der Waals surface area contributed by atoms with E-state index in [1.54, 1.807) is 15.3 Å². The molecule has 92 valence electrons. The maximum atomic E-state index is 11.9. The molecule has 4 heteroatoms. The van der Waals surface area contributed by atoms with Crippen LogP contribution in [0.3, 0.4) is 0 Å². The Morgan fingerprint density at radius 3 is 2.76 bits per heavy atom. The Morgan fingerprint density at radius 1 is 1.18 bits per heavy atom. The molecule has 0 radical (unpaired) electrons. The number of hydrogen-bond acceptors (Lipinski definition) is 2. The zero-order valence-corrected chi connectivity index (χ0v) is 10.3. The van der Waals surface area contributed by atoms with Crippen LogP contribution in [0.25, 0.3) is 5.65 Å². The summed E-state index contributed by atoms with van der Waals surface area (Å²) in [5, 5.41) is 4.30. The fourth-order valence-electron chi connectivity index (χ4n) is 1.98. The van der Waals surface area contributed by atoms with E-state index in [9.17, 15) is 4.79 Å². The lowest BCUT2D eigenvalue weighted by molar-refractivity contribution is 0.521. The van der Waals surface area contributed by atoms with Gasteiger partial charge in [-0.1, -0.05) is 38.7 Å². The quantitative estimate of drug-likeness (QED) is 0.719. The Hall–Kier alpha value is -1.58. The van der Waals surface area contributed by atoms with Crippen LogP contribution in [0.15, 0.2) is 29.2 Å². The first kappa shape index (κ1) is 11.9. The van der Waals surface area contributed by atoms with Gasteiger partial charge < -0.3 is 0 Å². The minimum Gasteiger partial charge on any atom is -0.250 e. The van der Waals surface area contributed by atoms with E-state index >= 15 is 0 Å². The maximum absolute atomic E-state index is 11.9. The van der Waals surface area contributed by atoms with Gasteiger partial charge in [0.1, 0.15) is 0 Å². The normalized spacial score (nSPS) is 11.1. The SMILES string of the molecule is CCCCCCCn1nc2ccccn2c1=O. The second kappa shape index (κ2) is 5.66. The van der Waals surface area contributed by atoms with Crippen molar-refractivity contribution in [3.05, 3.63) is 34.9 Å². The van der Waals surface area contributed by atoms with Crippen molar-refractivity contribution in [3.63, 3.8) is 0 Å². The highest BCUT2D eigenvalue weighted by Gasteiger charge is 2.04. The first-order valence-corrected chi connectivity index (χ1v) is 6.37. The summed E-state index contributed by atoms with van der Waals surface area (Å²) in [6.45, 7) is 2.93. The minimum absolute atomic E-state index is 0.0314. The van der Waals surface area contributed by atoms with E-state index in [0.717, 1.165) is 18.6 Å². The summed E-state index contributed by atoms with van der Waals surface area (Å²) < 4.78 is 3.16. The monoisotopic (exact) mass is 233 g/mol. The third-order valence-electron chi connectivity index (χ3n) is 2.96. The zero-order valence-electron chi connectivity index (χ0n) is 10.3. The van der Waals surface area contributed by atoms with Crippen molar-refractivity contribution in [1.29, 1.82) is 0 Å². The number of pyridine rings is 1. The topological polar surface area (TPSA) is 39.3 Å². The van der Waals surface area contributed by atoms with Crippen LogP contribution in [0.2, 0.25) is 0 Å². The molecule has 2 rings (SSSR count). The number of fused-ring (bicyclic) bond motifs is 1. The second-order valence-corrected chi connectivity index (χ2v) is 4.35. The Morgan fingerprint density at radius 2 is 2.00 bits per heavy atom. The third kappa shape index (κ3) is 2.75. The summed E-state index contributed by atoms with van der Waals surface area (Å²) in [6, 6.07) is 5.60. The molecule has 0 N–H and O–H groups in total. The van der Waals surface area contributed by atoms with Crippen molar-refractivity contribution in [2.75, 3.05) is 0 Å². The molecular formula is C13H19N3O. The van der Waals surface area contributed by atoms with Gasteiger partial charge in [0, 0.05) is 12.7 Å². The Labute approximate surface area is 101 Å². The molecule has 4 nitrogen and oxygen atoms in total. The van der Waals surface area contributed by atoms with Crippen LogP contribution in [0, 0.1) is 0 Å². The molecule has 2 aromatic rings. The number of hydrogen-bond donors (Lipinski definition) is 0. The van der Waals surface area contributed by atoms with Gasteiger partial charge in [0.25, 0.3) is 0 Å². The van der Waals surface area contributed by atoms with Crippen LogP contribution in [0.1, 0.15) is 39.0 Å². The number of aromatic nitrogens is 3. The summed E-state index contributed by atoms with van der Waals surface area (Å²) in [7, 11) is 0. The van der Waals surface area contributed by atoms with Crippen LogP contribution < -0.4 is 5.69 Å². The Bertz CT molecular complexity index is 527. The van der Waals surface area contributed by atoms with Crippen molar-refractivity contribution >= 4 is 5.65 Å². The first-order chi connectivity index (χ1) is 8.33. The van der Waals surface area contributed by atoms with Gasteiger partial charge in [0.2, 0.25) is 0 Å². The van der Waals surface area contributed by atoms with E-state index in [0.29, 0.717) is 0 Å². The zero-order chi connectivity index (χ0) is 12.1. The van der Waals surface area contributed by atoms with Crippen molar-refractivity contribution in [2.24, 2.45) is 0 Å². The van der Waals surface area contributed by atoms with Crippen LogP contribution in [-0.4, -0.2) is 14.2 Å². The van der Waals surface area contributed by atoms with Crippen molar-refractivity contribution in [3.8, 4) is 0 Å². The molecule has 0 saturated heterocycles. The van der Waals surface area contributed by atoms with Crippen LogP contribution in [0.4, 0.5) is 0 Å². The lowest BCUT2D eigenvalue weighted by Gasteiger charge is -1.99. The number of nitrogens with zero attached hydrogens (tertiary/aromatic N) is 3. The van der Waals surface area contributed by atoms with E-state index in [4.69, 9.17) is 0 Å². The van der Waals surface area contributed by atoms with Crippen LogP contribution in [0.5, 0.6) is 0 Å². The number of aryl methyl sites for hydroxylation is 1. The molecule has 0 aliphatic rings. The van der Waals surface area contributed by atoms with Gasteiger partial charge in [-0.2, -0.15) is 0 Å². The molecule has 17 heavy (non-hydrogen) atoms. The molecule has 0 saturated carbocycles. The van der Waals surface area contributed by atoms with E-state index in [1.165, 1.54) is 25.7 Å². The fourth-order valence-corrected chi connectivity index (χ4v) is 1.98. The summed E-state index contributed by atoms with van der Waals surface area (Å²) in [4.78, 5) is 11.9. The molecular weight excluding hydrogens is 214 g/mol. The molecule has 0 bridgehead atoms. The fraction of sp³-hybridized carbons (Fsp3) is 0.538. The van der Waals surface area contributed by atoms with Crippen molar-refractivity contribution in [1.82, 2.24) is 14.2 Å². The highest BCUT2D eigenvalue weighted by atomic mass is 16.2. The smallest absolute Gasteiger partial charge is 0.250 e. The van der Waals surface area contributed by atoms with Crippen molar-refractivity contribution < 1.29 is 0 Å². The van der Waals surface area contributed by atoms with E-state index in [1.807, 2.05) is 18.2 Å². The maximum Gasteiger partial charge on any atom is 0.350 e. The molecule has 0 amide bonds. The first-order valence-electron chi connectivity index (χ1n) is 6.37. The molecule has 0 unspecified atom stereocenters. The predicted molar refractivity (Wildman–Crippen MR) is 68.2 cm³/mol. The standard InChI is InChI=1S/C13H19N3O/c1-2-3-4-5-7-11-16-13(17)15-10-8-6-9-12(15)14-16/h6,8-10H,2-5,7,11H2,1H3. The summed E-state index contributed by atoms with van der Waals surface area (Å²) in [6.07, 6.45) is 7.74. The van der Waals surface area contributed by atoms with E-state index < -0.39 is 0 Å². The van der Waals surface area contributed by atoms with Gasteiger partial charge in [-0.3, -0.25) is 4.40 Å². The lowest BCUT2D eigenvalue weighted by Crippen LogP contribution is -2.21. The Balaban J connectivity index is 1.99. The number of unbranched alkanes of at least 4 members (excludes halogenated alkanes) is 4. The average molecular weight is 233 g/mol. The lowest BCUT2D eigenvalue weighted by atomic mass is 10.1. The molecule has 0 spiro atoms. The average Bonchev–Trinajstić information content (AvgIpc) is 2.67. The molecule has 2 heterocycles. The van der Waals surface area contributed by atoms with Gasteiger partial charge in [-0.05, 0) is 18.6 Å². The Kier molecular flexibility index (Phi) is 3.96. The molecule has 0 fully saturated rings. The molecule has 0 aliphatic carbocycles. The van der Waals surface area contributed by atoms with Crippen molar-refractivity contribution in [2.45, 2.75) is 45.6 Å². The van der Waals surface area contributed by atoms with E-state index in [-0.39, 0.29) is 5.69 Å². The van der Waals surface area contributed by atoms with Gasteiger partial charge in [0.05, 0.1) is 0 Å². The van der Waals surface area contributed by atoms with Crippen LogP contribution >= 0.6 is 0 Å². The predicted octanol–water partition coefficient (Wildman–Crippen LogP) is 2.47. The highest BCUT2D eigenvalue weighted by Crippen LogP contribution is 2.03.